The number of aliphatic hydroxyl groups is 1. The van der Waals surface area contributed by atoms with E-state index in [0.29, 0.717) is 31.3 Å². The van der Waals surface area contributed by atoms with E-state index in [-0.39, 0.29) is 31.3 Å². The molecular formula is C22H30BrN5O5. The molecule has 11 heteroatoms. The number of nitrogens with zero attached hydrogens (tertiary/aromatic N) is 3. The number of fused-ring (bicyclic) bond motifs is 1. The van der Waals surface area contributed by atoms with Crippen LogP contribution in [-0.2, 0) is 24.4 Å². The van der Waals surface area contributed by atoms with E-state index < -0.39 is 12.0 Å². The minimum absolute atomic E-state index is 0.0976. The maximum atomic E-state index is 13.4. The van der Waals surface area contributed by atoms with Crippen molar-refractivity contribution < 1.29 is 14.6 Å². The van der Waals surface area contributed by atoms with Gasteiger partial charge in [-0.1, -0.05) is 6.07 Å². The van der Waals surface area contributed by atoms with Crippen LogP contribution in [0.3, 0.4) is 0 Å². The molecule has 1 saturated heterocycles. The van der Waals surface area contributed by atoms with Crippen molar-refractivity contribution in [2.75, 3.05) is 37.1 Å². The van der Waals surface area contributed by atoms with Gasteiger partial charge in [0.25, 0.3) is 5.56 Å². The maximum absolute atomic E-state index is 13.4. The van der Waals surface area contributed by atoms with Crippen LogP contribution in [0.4, 0.5) is 11.5 Å². The van der Waals surface area contributed by atoms with Crippen molar-refractivity contribution in [3.63, 3.8) is 0 Å². The summed E-state index contributed by atoms with van der Waals surface area (Å²) in [4.78, 5) is 28.3. The van der Waals surface area contributed by atoms with Gasteiger partial charge in [0.05, 0.1) is 24.7 Å². The van der Waals surface area contributed by atoms with E-state index in [1.807, 2.05) is 23.1 Å². The molecule has 10 nitrogen and oxygen atoms in total. The SMILES string of the molecule is CCn1c(=O)c2c(n(CCO)c1=O)NC(NC1CCOCC1)N2Cc1ccc(OC)c(Br)c1. The Morgan fingerprint density at radius 2 is 2.03 bits per heavy atom. The molecule has 4 rings (SSSR count). The fraction of sp³-hybridized carbons (Fsp3) is 0.545. The molecule has 1 atom stereocenters. The third kappa shape index (κ3) is 4.68. The number of nitrogens with one attached hydrogen (secondary N) is 2. The molecule has 0 saturated carbocycles. The average molecular weight is 524 g/mol. The summed E-state index contributed by atoms with van der Waals surface area (Å²) in [5.41, 5.74) is 0.615. The predicted molar refractivity (Wildman–Crippen MR) is 129 cm³/mol. The molecule has 3 N–H and O–H groups in total. The van der Waals surface area contributed by atoms with E-state index in [1.54, 1.807) is 14.0 Å². The molecule has 2 aromatic rings. The molecule has 1 aromatic carbocycles. The first-order valence-electron chi connectivity index (χ1n) is 11.2. The number of benzene rings is 1. The Bertz CT molecular complexity index is 1110. The zero-order chi connectivity index (χ0) is 23.5. The standard InChI is InChI=1S/C22H30BrN5O5/c1-3-26-20(30)18-19(27(8-9-29)22(26)31)25-21(24-15-6-10-33-11-7-15)28(18)13-14-4-5-17(32-2)16(23)12-14/h4-5,12,15,21,24-25,29H,3,6-11,13H2,1-2H3. The highest BCUT2D eigenvalue weighted by molar-refractivity contribution is 9.10. The number of methoxy groups -OCH3 is 1. The smallest absolute Gasteiger partial charge is 0.332 e. The monoisotopic (exact) mass is 523 g/mol. The molecule has 1 aromatic heterocycles. The van der Waals surface area contributed by atoms with Crippen LogP contribution in [0.1, 0.15) is 25.3 Å². The summed E-state index contributed by atoms with van der Waals surface area (Å²) >= 11 is 3.53. The second kappa shape index (κ2) is 10.3. The lowest BCUT2D eigenvalue weighted by Gasteiger charge is -2.32. The van der Waals surface area contributed by atoms with Crippen LogP contribution in [0.25, 0.3) is 0 Å². The molecule has 0 spiro atoms. The van der Waals surface area contributed by atoms with E-state index in [1.165, 1.54) is 9.13 Å². The molecule has 0 amide bonds. The van der Waals surface area contributed by atoms with Gasteiger partial charge in [-0.05, 0) is 53.4 Å². The Hall–Kier alpha value is -2.34. The Kier molecular flexibility index (Phi) is 7.42. The topological polar surface area (TPSA) is 110 Å². The second-order valence-corrected chi connectivity index (χ2v) is 8.96. The summed E-state index contributed by atoms with van der Waals surface area (Å²) < 4.78 is 14.3. The number of anilines is 2. The first-order chi connectivity index (χ1) is 16.0. The molecule has 3 heterocycles. The Morgan fingerprint density at radius 3 is 2.67 bits per heavy atom. The lowest BCUT2D eigenvalue weighted by Crippen LogP contribution is -2.53. The normalized spacial score (nSPS) is 18.3. The third-order valence-corrected chi connectivity index (χ3v) is 6.72. The van der Waals surface area contributed by atoms with Crippen molar-refractivity contribution in [1.29, 1.82) is 0 Å². The van der Waals surface area contributed by atoms with Crippen LogP contribution in [0.2, 0.25) is 0 Å². The van der Waals surface area contributed by atoms with E-state index in [9.17, 15) is 14.7 Å². The molecule has 180 valence electrons. The van der Waals surface area contributed by atoms with Crippen LogP contribution >= 0.6 is 15.9 Å². The van der Waals surface area contributed by atoms with Gasteiger partial charge >= 0.3 is 5.69 Å². The van der Waals surface area contributed by atoms with Crippen molar-refractivity contribution in [2.24, 2.45) is 0 Å². The van der Waals surface area contributed by atoms with Gasteiger partial charge < -0.3 is 24.8 Å². The molecule has 1 unspecified atom stereocenters. The zero-order valence-corrected chi connectivity index (χ0v) is 20.4. The van der Waals surface area contributed by atoms with Crippen LogP contribution in [0.5, 0.6) is 5.75 Å². The maximum Gasteiger partial charge on any atom is 0.332 e. The largest absolute Gasteiger partial charge is 0.496 e. The van der Waals surface area contributed by atoms with Crippen LogP contribution in [-0.4, -0.2) is 53.5 Å². The summed E-state index contributed by atoms with van der Waals surface area (Å²) in [6, 6.07) is 6.00. The average Bonchev–Trinajstić information content (AvgIpc) is 3.15. The number of ether oxygens (including phenoxy) is 2. The van der Waals surface area contributed by atoms with Crippen molar-refractivity contribution in [3.8, 4) is 5.75 Å². The number of halogens is 1. The summed E-state index contributed by atoms with van der Waals surface area (Å²) in [5, 5.41) is 16.5. The Labute approximate surface area is 200 Å². The van der Waals surface area contributed by atoms with Crippen molar-refractivity contribution in [1.82, 2.24) is 14.5 Å². The zero-order valence-electron chi connectivity index (χ0n) is 18.8. The van der Waals surface area contributed by atoms with Gasteiger partial charge in [0.15, 0.2) is 6.29 Å². The lowest BCUT2D eigenvalue weighted by molar-refractivity contribution is 0.0757. The Balaban J connectivity index is 1.77. The van der Waals surface area contributed by atoms with E-state index in [4.69, 9.17) is 9.47 Å². The highest BCUT2D eigenvalue weighted by Crippen LogP contribution is 2.33. The molecule has 33 heavy (non-hydrogen) atoms. The minimum Gasteiger partial charge on any atom is -0.496 e. The summed E-state index contributed by atoms with van der Waals surface area (Å²) in [6.45, 7) is 3.70. The van der Waals surface area contributed by atoms with E-state index in [2.05, 4.69) is 26.6 Å². The molecule has 0 aliphatic carbocycles. The van der Waals surface area contributed by atoms with E-state index >= 15 is 0 Å². The van der Waals surface area contributed by atoms with Gasteiger partial charge in [-0.25, -0.2) is 4.79 Å². The fourth-order valence-electron chi connectivity index (χ4n) is 4.41. The van der Waals surface area contributed by atoms with Gasteiger partial charge in [0, 0.05) is 32.3 Å². The number of hydrogen-bond donors (Lipinski definition) is 3. The molecule has 2 aliphatic rings. The van der Waals surface area contributed by atoms with Crippen molar-refractivity contribution in [2.45, 2.75) is 51.7 Å². The van der Waals surface area contributed by atoms with Gasteiger partial charge in [-0.2, -0.15) is 0 Å². The Morgan fingerprint density at radius 1 is 1.27 bits per heavy atom. The molecule has 2 aliphatic heterocycles. The molecule has 0 radical (unpaired) electrons. The quantitative estimate of drug-likeness (QED) is 0.474. The molecular weight excluding hydrogens is 494 g/mol. The molecule has 0 bridgehead atoms. The summed E-state index contributed by atoms with van der Waals surface area (Å²) in [7, 11) is 1.61. The predicted octanol–water partition coefficient (Wildman–Crippen LogP) is 1.28. The number of hydrogen-bond acceptors (Lipinski definition) is 8. The number of aromatic nitrogens is 2. The lowest BCUT2D eigenvalue weighted by atomic mass is 10.1. The summed E-state index contributed by atoms with van der Waals surface area (Å²) in [5.74, 6) is 1.15. The van der Waals surface area contributed by atoms with Crippen LogP contribution in [0.15, 0.2) is 32.3 Å². The second-order valence-electron chi connectivity index (χ2n) is 8.10. The van der Waals surface area contributed by atoms with Crippen LogP contribution < -0.4 is 31.5 Å². The van der Waals surface area contributed by atoms with Crippen molar-refractivity contribution in [3.05, 3.63) is 49.1 Å². The van der Waals surface area contributed by atoms with Gasteiger partial charge in [-0.3, -0.25) is 19.2 Å². The highest BCUT2D eigenvalue weighted by Gasteiger charge is 2.36. The van der Waals surface area contributed by atoms with Gasteiger partial charge in [0.1, 0.15) is 17.3 Å². The third-order valence-electron chi connectivity index (χ3n) is 6.10. The van der Waals surface area contributed by atoms with E-state index in [0.717, 1.165) is 28.6 Å². The van der Waals surface area contributed by atoms with Gasteiger partial charge in [-0.15, -0.1) is 0 Å². The highest BCUT2D eigenvalue weighted by atomic mass is 79.9. The van der Waals surface area contributed by atoms with Crippen molar-refractivity contribution >= 4 is 27.4 Å². The van der Waals surface area contributed by atoms with Crippen LogP contribution in [0, 0.1) is 0 Å². The first kappa shape index (κ1) is 23.8. The fourth-order valence-corrected chi connectivity index (χ4v) is 5.00. The summed E-state index contributed by atoms with van der Waals surface area (Å²) in [6.07, 6.45) is 1.33. The first-order valence-corrected chi connectivity index (χ1v) is 12.0. The minimum atomic E-state index is -0.429. The molecule has 1 fully saturated rings. The van der Waals surface area contributed by atoms with Gasteiger partial charge in [0.2, 0.25) is 0 Å². The number of aliphatic hydroxyl groups excluding tert-OH is 1. The number of rotatable bonds is 8.